The van der Waals surface area contributed by atoms with Gasteiger partial charge < -0.3 is 10.8 Å². The summed E-state index contributed by atoms with van der Waals surface area (Å²) in [5, 5.41) is 11.3. The van der Waals surface area contributed by atoms with Crippen LogP contribution < -0.4 is 11.1 Å². The number of rotatable bonds is 3. The van der Waals surface area contributed by atoms with Gasteiger partial charge in [0.25, 0.3) is 0 Å². The zero-order chi connectivity index (χ0) is 5.70. The van der Waals surface area contributed by atoms with E-state index in [9.17, 15) is 0 Å². The van der Waals surface area contributed by atoms with Gasteiger partial charge in [0.15, 0.2) is 0 Å². The molecule has 0 heterocycles. The summed E-state index contributed by atoms with van der Waals surface area (Å²) in [5.74, 6) is 0. The monoisotopic (exact) mass is 104 g/mol. The largest absolute Gasteiger partial charge is 0.379 e. The Kier molecular flexibility index (Phi) is 3.98. The third kappa shape index (κ3) is 3.72. The molecule has 0 bridgehead atoms. The Labute approximate surface area is 43.5 Å². The predicted octanol–water partition coefficient (Wildman–Crippen LogP) is -0.779. The lowest BCUT2D eigenvalue weighted by atomic mass is 10.4. The van der Waals surface area contributed by atoms with E-state index in [1.807, 2.05) is 6.92 Å². The molecule has 0 aromatic heterocycles. The van der Waals surface area contributed by atoms with Gasteiger partial charge in [0.2, 0.25) is 0 Å². The van der Waals surface area contributed by atoms with Crippen LogP contribution in [-0.4, -0.2) is 18.0 Å². The smallest absolute Gasteiger partial charge is 0.105 e. The fourth-order valence-corrected chi connectivity index (χ4v) is 0.280. The Morgan fingerprint density at radius 2 is 2.43 bits per heavy atom. The lowest BCUT2D eigenvalue weighted by molar-refractivity contribution is 0.134. The van der Waals surface area contributed by atoms with Crippen LogP contribution in [0, 0.1) is 0 Å². The van der Waals surface area contributed by atoms with Crippen molar-refractivity contribution in [2.75, 3.05) is 6.67 Å². The first-order chi connectivity index (χ1) is 3.31. The molecule has 7 heavy (non-hydrogen) atoms. The Morgan fingerprint density at radius 3 is 2.57 bits per heavy atom. The van der Waals surface area contributed by atoms with Gasteiger partial charge in [0.05, 0.1) is 0 Å². The van der Waals surface area contributed by atoms with Crippen LogP contribution in [0.2, 0.25) is 0 Å². The number of nitrogens with two attached hydrogens (primary N) is 1. The summed E-state index contributed by atoms with van der Waals surface area (Å²) in [7, 11) is 0. The second-order valence-electron chi connectivity index (χ2n) is 1.33. The lowest BCUT2D eigenvalue weighted by Crippen LogP contribution is -2.32. The molecule has 0 aromatic rings. The van der Waals surface area contributed by atoms with Gasteiger partial charge in [-0.2, -0.15) is 0 Å². The normalized spacial score (nSPS) is 14.1. The van der Waals surface area contributed by atoms with Crippen molar-refractivity contribution in [3.05, 3.63) is 0 Å². The summed E-state index contributed by atoms with van der Waals surface area (Å²) in [6.45, 7) is 2.22. The van der Waals surface area contributed by atoms with Crippen molar-refractivity contribution >= 4 is 0 Å². The van der Waals surface area contributed by atoms with E-state index in [1.54, 1.807) is 0 Å². The molecule has 0 rings (SSSR count). The van der Waals surface area contributed by atoms with Crippen LogP contribution in [0.4, 0.5) is 0 Å². The zero-order valence-electron chi connectivity index (χ0n) is 4.52. The number of hydrogen-bond donors (Lipinski definition) is 3. The second-order valence-corrected chi connectivity index (χ2v) is 1.33. The van der Waals surface area contributed by atoms with Crippen molar-refractivity contribution in [1.82, 2.24) is 5.32 Å². The predicted molar refractivity (Wildman–Crippen MR) is 28.5 cm³/mol. The highest BCUT2D eigenvalue weighted by Crippen LogP contribution is 1.79. The van der Waals surface area contributed by atoms with Crippen molar-refractivity contribution in [1.29, 1.82) is 0 Å². The van der Waals surface area contributed by atoms with Gasteiger partial charge in [0, 0.05) is 6.67 Å². The molecule has 0 aliphatic rings. The highest BCUT2D eigenvalue weighted by Gasteiger charge is 1.92. The minimum Gasteiger partial charge on any atom is -0.379 e. The van der Waals surface area contributed by atoms with Crippen LogP contribution in [0.3, 0.4) is 0 Å². The van der Waals surface area contributed by atoms with Crippen LogP contribution in [0.5, 0.6) is 0 Å². The Morgan fingerprint density at radius 1 is 1.86 bits per heavy atom. The minimum atomic E-state index is -0.426. The Balaban J connectivity index is 2.83. The van der Waals surface area contributed by atoms with Crippen molar-refractivity contribution in [2.45, 2.75) is 19.6 Å². The summed E-state index contributed by atoms with van der Waals surface area (Å²) in [4.78, 5) is 0. The first-order valence-electron chi connectivity index (χ1n) is 2.42. The van der Waals surface area contributed by atoms with E-state index >= 15 is 0 Å². The van der Waals surface area contributed by atoms with E-state index in [-0.39, 0.29) is 0 Å². The van der Waals surface area contributed by atoms with Crippen LogP contribution in [0.15, 0.2) is 0 Å². The summed E-state index contributed by atoms with van der Waals surface area (Å²) < 4.78 is 0. The van der Waals surface area contributed by atoms with Crippen LogP contribution in [0.25, 0.3) is 0 Å². The molecule has 0 aliphatic carbocycles. The van der Waals surface area contributed by atoms with Gasteiger partial charge >= 0.3 is 0 Å². The number of aliphatic hydroxyl groups excluding tert-OH is 1. The average molecular weight is 104 g/mol. The fourth-order valence-electron chi connectivity index (χ4n) is 0.280. The molecular formula is C4H12N2O. The van der Waals surface area contributed by atoms with E-state index in [1.165, 1.54) is 0 Å². The molecule has 0 saturated carbocycles. The maximum Gasteiger partial charge on any atom is 0.105 e. The molecule has 3 nitrogen and oxygen atoms in total. The molecule has 0 fully saturated rings. The molecule has 0 saturated heterocycles. The van der Waals surface area contributed by atoms with Crippen molar-refractivity contribution in [3.63, 3.8) is 0 Å². The molecule has 44 valence electrons. The molecule has 4 N–H and O–H groups in total. The Bertz CT molecular complexity index is 40.7. The zero-order valence-corrected chi connectivity index (χ0v) is 4.52. The third-order valence-electron chi connectivity index (χ3n) is 0.740. The van der Waals surface area contributed by atoms with E-state index in [0.717, 1.165) is 0 Å². The van der Waals surface area contributed by atoms with Gasteiger partial charge in [-0.1, -0.05) is 6.92 Å². The van der Waals surface area contributed by atoms with Gasteiger partial charge in [-0.25, -0.2) is 0 Å². The summed E-state index contributed by atoms with van der Waals surface area (Å²) in [6, 6.07) is 0. The standard InChI is InChI=1S/C4H12N2O/c1-2-4(7)6-3-5/h4,6-7H,2-3,5H2,1H3. The molecule has 0 amide bonds. The van der Waals surface area contributed by atoms with Gasteiger partial charge in [0.1, 0.15) is 6.23 Å². The third-order valence-corrected chi connectivity index (χ3v) is 0.740. The van der Waals surface area contributed by atoms with Crippen LogP contribution >= 0.6 is 0 Å². The van der Waals surface area contributed by atoms with E-state index in [4.69, 9.17) is 10.8 Å². The van der Waals surface area contributed by atoms with E-state index < -0.39 is 6.23 Å². The number of aliphatic hydroxyl groups is 1. The van der Waals surface area contributed by atoms with Crippen molar-refractivity contribution in [2.24, 2.45) is 5.73 Å². The fraction of sp³-hybridized carbons (Fsp3) is 1.00. The van der Waals surface area contributed by atoms with Gasteiger partial charge in [-0.3, -0.25) is 5.32 Å². The first kappa shape index (κ1) is 6.88. The first-order valence-corrected chi connectivity index (χ1v) is 2.42. The molecule has 1 unspecified atom stereocenters. The quantitative estimate of drug-likeness (QED) is 0.412. The number of hydrogen-bond acceptors (Lipinski definition) is 3. The van der Waals surface area contributed by atoms with E-state index in [0.29, 0.717) is 13.1 Å². The average Bonchev–Trinajstić information content (AvgIpc) is 1.68. The molecular weight excluding hydrogens is 92.1 g/mol. The maximum atomic E-state index is 8.67. The van der Waals surface area contributed by atoms with Crippen LogP contribution in [0.1, 0.15) is 13.3 Å². The Hall–Kier alpha value is -0.120. The molecule has 0 aliphatic heterocycles. The molecule has 0 aromatic carbocycles. The topological polar surface area (TPSA) is 58.3 Å². The number of nitrogens with one attached hydrogen (secondary N) is 1. The van der Waals surface area contributed by atoms with Crippen molar-refractivity contribution < 1.29 is 5.11 Å². The summed E-state index contributed by atoms with van der Waals surface area (Å²) in [6.07, 6.45) is 0.280. The van der Waals surface area contributed by atoms with E-state index in [2.05, 4.69) is 5.32 Å². The SMILES string of the molecule is CCC(O)NCN. The summed E-state index contributed by atoms with van der Waals surface area (Å²) in [5.41, 5.74) is 5.03. The molecule has 1 atom stereocenters. The van der Waals surface area contributed by atoms with Crippen molar-refractivity contribution in [3.8, 4) is 0 Å². The highest BCUT2D eigenvalue weighted by atomic mass is 16.3. The van der Waals surface area contributed by atoms with Gasteiger partial charge in [-0.15, -0.1) is 0 Å². The second kappa shape index (κ2) is 4.05. The molecule has 0 radical (unpaired) electrons. The molecule has 3 heteroatoms. The summed E-state index contributed by atoms with van der Waals surface area (Å²) >= 11 is 0. The van der Waals surface area contributed by atoms with Crippen LogP contribution in [-0.2, 0) is 0 Å². The molecule has 0 spiro atoms. The lowest BCUT2D eigenvalue weighted by Gasteiger charge is -2.05. The minimum absolute atomic E-state index is 0.342. The highest BCUT2D eigenvalue weighted by molar-refractivity contribution is 4.43. The maximum absolute atomic E-state index is 8.67. The van der Waals surface area contributed by atoms with Gasteiger partial charge in [-0.05, 0) is 6.42 Å².